The molecule has 0 spiro atoms. The second-order valence-electron chi connectivity index (χ2n) is 6.04. The lowest BCUT2D eigenvalue weighted by Crippen LogP contribution is -2.35. The van der Waals surface area contributed by atoms with Crippen LogP contribution in [0.15, 0.2) is 43.1 Å². The Labute approximate surface area is 162 Å². The van der Waals surface area contributed by atoms with E-state index in [0.29, 0.717) is 5.92 Å². The van der Waals surface area contributed by atoms with E-state index in [-0.39, 0.29) is 30.3 Å². The topological polar surface area (TPSA) is 65.7 Å². The van der Waals surface area contributed by atoms with Gasteiger partial charge in [-0.1, -0.05) is 6.08 Å². The fourth-order valence-corrected chi connectivity index (χ4v) is 3.44. The third kappa shape index (κ3) is 5.58. The summed E-state index contributed by atoms with van der Waals surface area (Å²) in [5, 5.41) is 4.67. The van der Waals surface area contributed by atoms with Gasteiger partial charge in [0.25, 0.3) is 0 Å². The number of pyridine rings is 1. The molecule has 1 aliphatic heterocycles. The first-order valence-electron chi connectivity index (χ1n) is 8.06. The van der Waals surface area contributed by atoms with Crippen LogP contribution in [0.3, 0.4) is 0 Å². The van der Waals surface area contributed by atoms with Gasteiger partial charge in [-0.05, 0) is 67.5 Å². The summed E-state index contributed by atoms with van der Waals surface area (Å²) < 4.78 is 5.36. The van der Waals surface area contributed by atoms with Gasteiger partial charge in [-0.3, -0.25) is 4.98 Å². The molecule has 1 aromatic heterocycles. The van der Waals surface area contributed by atoms with E-state index >= 15 is 0 Å². The summed E-state index contributed by atoms with van der Waals surface area (Å²) >= 11 is 0. The zero-order chi connectivity index (χ0) is 15.4. The van der Waals surface area contributed by atoms with Crippen molar-refractivity contribution in [2.45, 2.75) is 19.3 Å². The lowest BCUT2D eigenvalue weighted by Gasteiger charge is -2.30. The SMILES string of the molecule is C=C[C@@H]1CNCC[C@H]1CCc1ccnc2ccc(OC)cc12.Cl.Cl.O. The second kappa shape index (κ2) is 11.3. The van der Waals surface area contributed by atoms with Crippen LogP contribution in [0.25, 0.3) is 10.9 Å². The van der Waals surface area contributed by atoms with Crippen molar-refractivity contribution in [3.05, 3.63) is 48.7 Å². The van der Waals surface area contributed by atoms with Gasteiger partial charge in [0.05, 0.1) is 12.6 Å². The van der Waals surface area contributed by atoms with Gasteiger partial charge in [-0.15, -0.1) is 31.4 Å². The number of nitrogens with one attached hydrogen (secondary N) is 1. The van der Waals surface area contributed by atoms with Gasteiger partial charge in [-0.25, -0.2) is 0 Å². The summed E-state index contributed by atoms with van der Waals surface area (Å²) in [4.78, 5) is 4.46. The molecule has 6 heteroatoms. The maximum absolute atomic E-state index is 5.36. The third-order valence-corrected chi connectivity index (χ3v) is 4.80. The minimum atomic E-state index is 0. The van der Waals surface area contributed by atoms with Gasteiger partial charge in [-0.2, -0.15) is 0 Å². The summed E-state index contributed by atoms with van der Waals surface area (Å²) in [6, 6.07) is 8.26. The van der Waals surface area contributed by atoms with Crippen molar-refractivity contribution >= 4 is 35.7 Å². The fraction of sp³-hybridized carbons (Fsp3) is 0.421. The fourth-order valence-electron chi connectivity index (χ4n) is 3.44. The summed E-state index contributed by atoms with van der Waals surface area (Å²) in [7, 11) is 1.71. The zero-order valence-electron chi connectivity index (χ0n) is 14.5. The first-order valence-corrected chi connectivity index (χ1v) is 8.06. The van der Waals surface area contributed by atoms with E-state index in [1.807, 2.05) is 18.3 Å². The van der Waals surface area contributed by atoms with Crippen molar-refractivity contribution in [2.75, 3.05) is 20.2 Å². The first-order chi connectivity index (χ1) is 10.8. The maximum atomic E-state index is 5.36. The number of benzene rings is 1. The number of ether oxygens (including phenoxy) is 1. The highest BCUT2D eigenvalue weighted by Gasteiger charge is 2.22. The van der Waals surface area contributed by atoms with E-state index in [1.165, 1.54) is 23.8 Å². The van der Waals surface area contributed by atoms with Crippen molar-refractivity contribution < 1.29 is 10.2 Å². The Bertz CT molecular complexity index is 667. The van der Waals surface area contributed by atoms with Crippen LogP contribution < -0.4 is 10.1 Å². The lowest BCUT2D eigenvalue weighted by atomic mass is 9.82. The molecule has 1 aromatic carbocycles. The minimum Gasteiger partial charge on any atom is -0.497 e. The first kappa shape index (κ1) is 23.7. The van der Waals surface area contributed by atoms with E-state index in [2.05, 4.69) is 35.1 Å². The summed E-state index contributed by atoms with van der Waals surface area (Å²) in [6.07, 6.45) is 7.56. The Morgan fingerprint density at radius 3 is 2.84 bits per heavy atom. The van der Waals surface area contributed by atoms with Crippen molar-refractivity contribution in [1.82, 2.24) is 10.3 Å². The molecule has 3 rings (SSSR count). The number of nitrogens with zero attached hydrogens (tertiary/aromatic N) is 1. The van der Waals surface area contributed by atoms with Gasteiger partial charge < -0.3 is 15.5 Å². The molecule has 0 amide bonds. The van der Waals surface area contributed by atoms with E-state index in [1.54, 1.807) is 7.11 Å². The lowest BCUT2D eigenvalue weighted by molar-refractivity contribution is 0.285. The van der Waals surface area contributed by atoms with Crippen LogP contribution in [0, 0.1) is 11.8 Å². The van der Waals surface area contributed by atoms with Crippen molar-refractivity contribution in [1.29, 1.82) is 0 Å². The standard InChI is InChI=1S/C19H24N2O.2ClH.H2O/c1-3-14-13-20-10-8-15(14)4-5-16-9-11-21-19-7-6-17(22-2)12-18(16)19;;;/h3,6-7,9,11-12,14-15,20H,1,4-5,8,10,13H2,2H3;2*1H;1H2/t14-,15-;;;/m1.../s1. The number of piperidine rings is 1. The van der Waals surface area contributed by atoms with Crippen LogP contribution in [0.5, 0.6) is 5.75 Å². The molecular formula is C19H28Cl2N2O2. The van der Waals surface area contributed by atoms with E-state index in [4.69, 9.17) is 4.74 Å². The summed E-state index contributed by atoms with van der Waals surface area (Å²) in [6.45, 7) is 6.19. The summed E-state index contributed by atoms with van der Waals surface area (Å²) in [5.74, 6) is 2.22. The number of fused-ring (bicyclic) bond motifs is 1. The molecule has 0 saturated carbocycles. The summed E-state index contributed by atoms with van der Waals surface area (Å²) in [5.41, 5.74) is 2.41. The molecule has 4 nitrogen and oxygen atoms in total. The van der Waals surface area contributed by atoms with Crippen molar-refractivity contribution in [3.8, 4) is 5.75 Å². The maximum Gasteiger partial charge on any atom is 0.119 e. The van der Waals surface area contributed by atoms with Gasteiger partial charge in [0.15, 0.2) is 0 Å². The quantitative estimate of drug-likeness (QED) is 0.798. The molecular weight excluding hydrogens is 359 g/mol. The molecule has 1 saturated heterocycles. The highest BCUT2D eigenvalue weighted by atomic mass is 35.5. The molecule has 1 fully saturated rings. The normalized spacial score (nSPS) is 19.1. The number of aromatic nitrogens is 1. The van der Waals surface area contributed by atoms with E-state index in [9.17, 15) is 0 Å². The average Bonchev–Trinajstić information content (AvgIpc) is 2.59. The Morgan fingerprint density at radius 1 is 1.32 bits per heavy atom. The van der Waals surface area contributed by atoms with Crippen LogP contribution in [0.1, 0.15) is 18.4 Å². The molecule has 1 aliphatic rings. The Kier molecular flexibility index (Phi) is 10.7. The van der Waals surface area contributed by atoms with Crippen molar-refractivity contribution in [3.63, 3.8) is 0 Å². The number of hydrogen-bond donors (Lipinski definition) is 1. The van der Waals surface area contributed by atoms with Crippen LogP contribution in [0.4, 0.5) is 0 Å². The highest BCUT2D eigenvalue weighted by Crippen LogP contribution is 2.28. The van der Waals surface area contributed by atoms with Gasteiger partial charge in [0, 0.05) is 18.1 Å². The molecule has 0 radical (unpaired) electrons. The van der Waals surface area contributed by atoms with Gasteiger partial charge in [0.2, 0.25) is 0 Å². The number of rotatable bonds is 5. The van der Waals surface area contributed by atoms with E-state index < -0.39 is 0 Å². The zero-order valence-corrected chi connectivity index (χ0v) is 16.2. The Hall–Kier alpha value is -1.33. The number of halogens is 2. The van der Waals surface area contributed by atoms with Crippen molar-refractivity contribution in [2.24, 2.45) is 11.8 Å². The third-order valence-electron chi connectivity index (χ3n) is 4.80. The van der Waals surface area contributed by atoms with Crippen LogP contribution in [-0.2, 0) is 6.42 Å². The molecule has 2 atom stereocenters. The molecule has 0 bridgehead atoms. The number of methoxy groups -OCH3 is 1. The smallest absolute Gasteiger partial charge is 0.119 e. The molecule has 2 heterocycles. The van der Waals surface area contributed by atoms with Crippen LogP contribution in [-0.4, -0.2) is 30.7 Å². The minimum absolute atomic E-state index is 0. The molecule has 0 aliphatic carbocycles. The predicted octanol–water partition coefficient (Wildman–Crippen LogP) is 3.61. The number of aryl methyl sites for hydroxylation is 1. The average molecular weight is 387 g/mol. The van der Waals surface area contributed by atoms with E-state index in [0.717, 1.165) is 36.7 Å². The van der Waals surface area contributed by atoms with Crippen LogP contribution >= 0.6 is 24.8 Å². The molecule has 2 aromatic rings. The molecule has 0 unspecified atom stereocenters. The molecule has 3 N–H and O–H groups in total. The van der Waals surface area contributed by atoms with Gasteiger partial charge in [0.1, 0.15) is 5.75 Å². The monoisotopic (exact) mass is 386 g/mol. The van der Waals surface area contributed by atoms with Crippen LogP contribution in [0.2, 0.25) is 0 Å². The highest BCUT2D eigenvalue weighted by molar-refractivity contribution is 5.85. The molecule has 25 heavy (non-hydrogen) atoms. The molecule has 140 valence electrons. The Balaban J connectivity index is 0.00000192. The number of hydrogen-bond acceptors (Lipinski definition) is 3. The van der Waals surface area contributed by atoms with Gasteiger partial charge >= 0.3 is 0 Å². The Morgan fingerprint density at radius 2 is 2.12 bits per heavy atom. The second-order valence-corrected chi connectivity index (χ2v) is 6.04. The largest absolute Gasteiger partial charge is 0.497 e. The predicted molar refractivity (Wildman–Crippen MR) is 109 cm³/mol.